The lowest BCUT2D eigenvalue weighted by molar-refractivity contribution is -0.0707. The summed E-state index contributed by atoms with van der Waals surface area (Å²) in [5.74, 6) is 0.488. The molecule has 1 aromatic carbocycles. The second kappa shape index (κ2) is 10.2. The van der Waals surface area contributed by atoms with Crippen LogP contribution in [0.1, 0.15) is 41.2 Å². The van der Waals surface area contributed by atoms with Crippen molar-refractivity contribution in [2.45, 2.75) is 46.1 Å². The Bertz CT molecular complexity index is 1310. The van der Waals surface area contributed by atoms with E-state index in [0.717, 1.165) is 36.7 Å². The quantitative estimate of drug-likeness (QED) is 0.409. The van der Waals surface area contributed by atoms with Gasteiger partial charge in [0.05, 0.1) is 23.6 Å². The first kappa shape index (κ1) is 23.5. The molecule has 5 rings (SSSR count). The number of amides is 1. The number of nitrogens with one attached hydrogen (secondary N) is 1. The van der Waals surface area contributed by atoms with Gasteiger partial charge in [-0.05, 0) is 56.7 Å². The van der Waals surface area contributed by atoms with Crippen LogP contribution in [0.15, 0.2) is 54.2 Å². The van der Waals surface area contributed by atoms with Crippen LogP contribution in [-0.2, 0) is 17.9 Å². The third kappa shape index (κ3) is 5.87. The molecule has 0 radical (unpaired) electrons. The lowest BCUT2D eigenvalue weighted by Crippen LogP contribution is -2.44. The maximum atomic E-state index is 12.7. The molecule has 9 heteroatoms. The molecule has 35 heavy (non-hydrogen) atoms. The Kier molecular flexibility index (Phi) is 6.81. The molecule has 1 amide bonds. The highest BCUT2D eigenvalue weighted by Gasteiger charge is 2.23. The number of carbonyl (C=O) groups excluding carboxylic acids is 1. The van der Waals surface area contributed by atoms with E-state index in [4.69, 9.17) is 9.47 Å². The number of pyridine rings is 1. The van der Waals surface area contributed by atoms with Gasteiger partial charge in [-0.2, -0.15) is 0 Å². The zero-order valence-corrected chi connectivity index (χ0v) is 20.9. The first-order chi connectivity index (χ1) is 16.9. The lowest BCUT2D eigenvalue weighted by atomic mass is 10.2. The maximum Gasteiger partial charge on any atom is 0.257 e. The van der Waals surface area contributed by atoms with E-state index in [-0.39, 0.29) is 18.1 Å². The number of ether oxygens (including phenoxy) is 2. The molecule has 0 saturated carbocycles. The van der Waals surface area contributed by atoms with Crippen molar-refractivity contribution in [3.63, 3.8) is 0 Å². The van der Waals surface area contributed by atoms with E-state index >= 15 is 0 Å². The van der Waals surface area contributed by atoms with E-state index in [2.05, 4.69) is 34.0 Å². The zero-order chi connectivity index (χ0) is 24.4. The van der Waals surface area contributed by atoms with Crippen molar-refractivity contribution in [2.75, 3.05) is 18.4 Å². The molecule has 0 aliphatic carbocycles. The van der Waals surface area contributed by atoms with Crippen molar-refractivity contribution in [1.82, 2.24) is 19.3 Å². The van der Waals surface area contributed by atoms with Crippen molar-refractivity contribution in [1.29, 1.82) is 0 Å². The van der Waals surface area contributed by atoms with Gasteiger partial charge in [0.15, 0.2) is 5.13 Å². The minimum Gasteiger partial charge on any atom is -0.487 e. The fourth-order valence-corrected chi connectivity index (χ4v) is 5.03. The number of thiazole rings is 1. The Morgan fingerprint density at radius 2 is 1.86 bits per heavy atom. The normalized spacial score (nSPS) is 18.6. The molecule has 8 nitrogen and oxygen atoms in total. The lowest BCUT2D eigenvalue weighted by Gasteiger charge is -2.34. The summed E-state index contributed by atoms with van der Waals surface area (Å²) in [5.41, 5.74) is 4.41. The van der Waals surface area contributed by atoms with Gasteiger partial charge >= 0.3 is 0 Å². The number of carbonyl (C=O) groups is 1. The van der Waals surface area contributed by atoms with Gasteiger partial charge in [0.1, 0.15) is 18.0 Å². The molecule has 182 valence electrons. The van der Waals surface area contributed by atoms with Crippen molar-refractivity contribution in [3.05, 3.63) is 76.7 Å². The number of anilines is 1. The second-order valence-electron chi connectivity index (χ2n) is 9.07. The average Bonchev–Trinajstić information content (AvgIpc) is 3.43. The van der Waals surface area contributed by atoms with Gasteiger partial charge in [-0.1, -0.05) is 6.07 Å². The first-order valence-electron chi connectivity index (χ1n) is 11.7. The summed E-state index contributed by atoms with van der Waals surface area (Å²) in [5, 5.41) is 5.50. The Hall–Kier alpha value is -3.27. The number of fused-ring (bicyclic) bond motifs is 1. The number of nitrogens with zero attached hydrogens (tertiary/aromatic N) is 4. The molecule has 1 aliphatic rings. The molecule has 1 fully saturated rings. The van der Waals surface area contributed by atoms with E-state index in [1.54, 1.807) is 24.3 Å². The number of imidazole rings is 1. The molecule has 1 saturated heterocycles. The molecule has 1 aliphatic heterocycles. The largest absolute Gasteiger partial charge is 0.487 e. The van der Waals surface area contributed by atoms with Gasteiger partial charge in [-0.3, -0.25) is 15.0 Å². The minimum absolute atomic E-state index is 0.193. The fraction of sp³-hybridized carbons (Fsp3) is 0.346. The third-order valence-electron chi connectivity index (χ3n) is 5.81. The van der Waals surface area contributed by atoms with Gasteiger partial charge in [-0.25, -0.2) is 9.97 Å². The summed E-state index contributed by atoms with van der Waals surface area (Å²) in [6.45, 7) is 9.10. The number of hydrogen-bond donors (Lipinski definition) is 1. The molecule has 1 N–H and O–H groups in total. The predicted octanol–water partition coefficient (Wildman–Crippen LogP) is 4.54. The van der Waals surface area contributed by atoms with Crippen LogP contribution in [0.25, 0.3) is 5.65 Å². The van der Waals surface area contributed by atoms with E-state index < -0.39 is 0 Å². The minimum atomic E-state index is -0.193. The van der Waals surface area contributed by atoms with Crippen molar-refractivity contribution in [2.24, 2.45) is 0 Å². The average molecular weight is 492 g/mol. The van der Waals surface area contributed by atoms with Gasteiger partial charge < -0.3 is 13.9 Å². The van der Waals surface area contributed by atoms with Crippen molar-refractivity contribution in [3.8, 4) is 5.75 Å². The van der Waals surface area contributed by atoms with E-state index in [1.807, 2.05) is 41.2 Å². The van der Waals surface area contributed by atoms with Crippen LogP contribution in [0.5, 0.6) is 5.75 Å². The summed E-state index contributed by atoms with van der Waals surface area (Å²) in [4.78, 5) is 24.2. The Morgan fingerprint density at radius 1 is 1.09 bits per heavy atom. The molecule has 4 aromatic rings. The second-order valence-corrected chi connectivity index (χ2v) is 9.92. The summed E-state index contributed by atoms with van der Waals surface area (Å²) in [7, 11) is 0. The molecule has 0 spiro atoms. The van der Waals surface area contributed by atoms with E-state index in [9.17, 15) is 4.79 Å². The topological polar surface area (TPSA) is 81.0 Å². The van der Waals surface area contributed by atoms with Crippen LogP contribution in [-0.4, -0.2) is 50.5 Å². The van der Waals surface area contributed by atoms with Crippen LogP contribution >= 0.6 is 11.3 Å². The SMILES string of the molecule is Cc1ccc2nc(COc3ccc(C(=O)Nc4nc(CN5CC(C)OC(C)C5)cs4)cc3)cn2c1. The number of aryl methyl sites for hydroxylation is 1. The van der Waals surface area contributed by atoms with Gasteiger partial charge in [0, 0.05) is 43.0 Å². The highest BCUT2D eigenvalue weighted by Crippen LogP contribution is 2.21. The maximum absolute atomic E-state index is 12.7. The molecule has 0 bridgehead atoms. The molecule has 2 atom stereocenters. The van der Waals surface area contributed by atoms with Crippen LogP contribution in [0.3, 0.4) is 0 Å². The molecular weight excluding hydrogens is 462 g/mol. The summed E-state index contributed by atoms with van der Waals surface area (Å²) < 4.78 is 13.7. The van der Waals surface area contributed by atoms with E-state index in [1.165, 1.54) is 16.9 Å². The van der Waals surface area contributed by atoms with Crippen LogP contribution in [0, 0.1) is 6.92 Å². The molecule has 2 unspecified atom stereocenters. The standard InChI is InChI=1S/C26H29N5O3S/c1-17-4-9-24-27-21(14-31(24)10-17)15-33-23-7-5-20(6-8-23)25(32)29-26-28-22(16-35-26)13-30-11-18(2)34-19(3)12-30/h4-10,14,16,18-19H,11-13,15H2,1-3H3,(H,28,29,32). The smallest absolute Gasteiger partial charge is 0.257 e. The number of aromatic nitrogens is 3. The monoisotopic (exact) mass is 491 g/mol. The van der Waals surface area contributed by atoms with E-state index in [0.29, 0.717) is 23.1 Å². The molecular formula is C26H29N5O3S. The van der Waals surface area contributed by atoms with Crippen molar-refractivity contribution >= 4 is 28.0 Å². The zero-order valence-electron chi connectivity index (χ0n) is 20.1. The first-order valence-corrected chi connectivity index (χ1v) is 12.6. The van der Waals surface area contributed by atoms with Gasteiger partial charge in [-0.15, -0.1) is 11.3 Å². The Morgan fingerprint density at radius 3 is 2.63 bits per heavy atom. The van der Waals surface area contributed by atoms with Gasteiger partial charge in [0.25, 0.3) is 5.91 Å². The van der Waals surface area contributed by atoms with Crippen LogP contribution in [0.4, 0.5) is 5.13 Å². The van der Waals surface area contributed by atoms with Crippen LogP contribution < -0.4 is 10.1 Å². The number of benzene rings is 1. The number of morpholine rings is 1. The summed E-state index contributed by atoms with van der Waals surface area (Å²) >= 11 is 1.44. The number of rotatable bonds is 7. The highest BCUT2D eigenvalue weighted by molar-refractivity contribution is 7.14. The highest BCUT2D eigenvalue weighted by atomic mass is 32.1. The predicted molar refractivity (Wildman–Crippen MR) is 136 cm³/mol. The summed E-state index contributed by atoms with van der Waals surface area (Å²) in [6.07, 6.45) is 4.43. The fourth-order valence-electron chi connectivity index (χ4n) is 4.33. The Balaban J connectivity index is 1.14. The molecule has 4 heterocycles. The summed E-state index contributed by atoms with van der Waals surface area (Å²) in [6, 6.07) is 11.1. The van der Waals surface area contributed by atoms with Crippen molar-refractivity contribution < 1.29 is 14.3 Å². The Labute approximate surface area is 208 Å². The molecule has 3 aromatic heterocycles. The third-order valence-corrected chi connectivity index (χ3v) is 6.61. The number of hydrogen-bond acceptors (Lipinski definition) is 7. The van der Waals surface area contributed by atoms with Crippen LogP contribution in [0.2, 0.25) is 0 Å². The van der Waals surface area contributed by atoms with Gasteiger partial charge in [0.2, 0.25) is 0 Å².